The molecule has 0 unspecified atom stereocenters. The highest BCUT2D eigenvalue weighted by Crippen LogP contribution is 2.16. The van der Waals surface area contributed by atoms with Gasteiger partial charge in [0.1, 0.15) is 0 Å². The van der Waals surface area contributed by atoms with Crippen molar-refractivity contribution in [1.29, 1.82) is 0 Å². The Balaban J connectivity index is 2.41. The van der Waals surface area contributed by atoms with Crippen LogP contribution in [0.15, 0.2) is 29.2 Å². The van der Waals surface area contributed by atoms with Gasteiger partial charge < -0.3 is 15.2 Å². The van der Waals surface area contributed by atoms with E-state index < -0.39 is 14.8 Å². The summed E-state index contributed by atoms with van der Waals surface area (Å²) in [5.74, 6) is -0.193. The fraction of sp³-hybridized carbons (Fsp3) is 0.500. The van der Waals surface area contributed by atoms with E-state index in [-0.39, 0.29) is 29.5 Å². The second-order valence-corrected chi connectivity index (χ2v) is 6.19. The fourth-order valence-electron chi connectivity index (χ4n) is 1.47. The zero-order chi connectivity index (χ0) is 15.7. The predicted octanol–water partition coefficient (Wildman–Crippen LogP) is 0.360. The van der Waals surface area contributed by atoms with Gasteiger partial charge in [0.2, 0.25) is 0 Å². The molecule has 0 saturated heterocycles. The number of sulfone groups is 1. The largest absolute Gasteiger partial charge is 0.378 e. The molecular weight excluding hydrogens is 300 g/mol. The van der Waals surface area contributed by atoms with E-state index in [1.807, 2.05) is 0 Å². The highest BCUT2D eigenvalue weighted by Gasteiger charge is 2.15. The summed E-state index contributed by atoms with van der Waals surface area (Å²) in [4.78, 5) is 9.95. The number of nitro groups is 1. The summed E-state index contributed by atoms with van der Waals surface area (Å²) in [6, 6.07) is 4.76. The van der Waals surface area contributed by atoms with E-state index in [4.69, 9.17) is 15.2 Å². The molecule has 0 aromatic heterocycles. The van der Waals surface area contributed by atoms with Crippen LogP contribution < -0.4 is 5.73 Å². The number of nitrogens with zero attached hydrogens (tertiary/aromatic N) is 1. The molecule has 0 radical (unpaired) electrons. The minimum atomic E-state index is -3.51. The molecule has 0 heterocycles. The van der Waals surface area contributed by atoms with Crippen LogP contribution in [0, 0.1) is 10.1 Å². The average Bonchev–Trinajstić information content (AvgIpc) is 2.46. The van der Waals surface area contributed by atoms with Crippen LogP contribution in [0.3, 0.4) is 0 Å². The molecule has 0 aliphatic rings. The van der Waals surface area contributed by atoms with Crippen molar-refractivity contribution in [3.8, 4) is 0 Å². The van der Waals surface area contributed by atoms with E-state index >= 15 is 0 Å². The molecule has 2 N–H and O–H groups in total. The zero-order valence-corrected chi connectivity index (χ0v) is 12.3. The molecule has 0 saturated carbocycles. The van der Waals surface area contributed by atoms with Crippen molar-refractivity contribution in [2.75, 3.05) is 38.7 Å². The van der Waals surface area contributed by atoms with Crippen LogP contribution in [-0.2, 0) is 19.3 Å². The number of hydrogen-bond donors (Lipinski definition) is 1. The monoisotopic (exact) mass is 318 g/mol. The Morgan fingerprint density at radius 3 is 2.14 bits per heavy atom. The predicted molar refractivity (Wildman–Crippen MR) is 75.8 cm³/mol. The van der Waals surface area contributed by atoms with E-state index in [1.54, 1.807) is 0 Å². The number of hydrogen-bond acceptors (Lipinski definition) is 7. The summed E-state index contributed by atoms with van der Waals surface area (Å²) in [7, 11) is -3.51. The quantitative estimate of drug-likeness (QED) is 0.375. The van der Waals surface area contributed by atoms with E-state index in [9.17, 15) is 18.5 Å². The van der Waals surface area contributed by atoms with Gasteiger partial charge in [0.05, 0.1) is 42.0 Å². The first-order chi connectivity index (χ1) is 9.97. The van der Waals surface area contributed by atoms with Crippen molar-refractivity contribution in [3.05, 3.63) is 34.4 Å². The zero-order valence-electron chi connectivity index (χ0n) is 11.4. The first-order valence-corrected chi connectivity index (χ1v) is 7.95. The van der Waals surface area contributed by atoms with Crippen molar-refractivity contribution in [3.63, 3.8) is 0 Å². The van der Waals surface area contributed by atoms with Crippen molar-refractivity contribution in [1.82, 2.24) is 0 Å². The van der Waals surface area contributed by atoms with Crippen LogP contribution in [0.25, 0.3) is 0 Å². The lowest BCUT2D eigenvalue weighted by atomic mass is 10.3. The summed E-state index contributed by atoms with van der Waals surface area (Å²) in [5.41, 5.74) is 5.08. The molecule has 0 atom stereocenters. The Hall–Kier alpha value is -1.55. The Morgan fingerprint density at radius 1 is 1.05 bits per heavy atom. The number of non-ortho nitro benzene ring substituents is 1. The molecule has 1 rings (SSSR count). The second-order valence-electron chi connectivity index (χ2n) is 4.08. The molecule has 0 amide bonds. The minimum absolute atomic E-state index is 0.0330. The Bertz CT molecular complexity index is 543. The van der Waals surface area contributed by atoms with Crippen molar-refractivity contribution >= 4 is 15.5 Å². The number of benzene rings is 1. The standard InChI is InChI=1S/C12H18N2O6S/c13-5-6-19-7-8-20-9-10-21(17,18)12-3-1-11(2-4-12)14(15)16/h1-4H,5-10,13H2. The summed E-state index contributed by atoms with van der Waals surface area (Å²) < 4.78 is 34.1. The molecule has 0 spiro atoms. The van der Waals surface area contributed by atoms with Crippen LogP contribution >= 0.6 is 0 Å². The third-order valence-electron chi connectivity index (χ3n) is 2.54. The Kier molecular flexibility index (Phi) is 7.23. The lowest BCUT2D eigenvalue weighted by Gasteiger charge is -2.06. The van der Waals surface area contributed by atoms with Gasteiger partial charge in [-0.3, -0.25) is 10.1 Å². The first kappa shape index (κ1) is 17.5. The number of nitro benzene ring substituents is 1. The van der Waals surface area contributed by atoms with Gasteiger partial charge in [0.15, 0.2) is 9.84 Å². The van der Waals surface area contributed by atoms with E-state index in [2.05, 4.69) is 0 Å². The minimum Gasteiger partial charge on any atom is -0.378 e. The van der Waals surface area contributed by atoms with Crippen molar-refractivity contribution < 1.29 is 22.8 Å². The Morgan fingerprint density at radius 2 is 1.62 bits per heavy atom. The third-order valence-corrected chi connectivity index (χ3v) is 4.23. The van der Waals surface area contributed by atoms with Gasteiger partial charge in [-0.25, -0.2) is 8.42 Å². The highest BCUT2D eigenvalue weighted by molar-refractivity contribution is 7.91. The van der Waals surface area contributed by atoms with Gasteiger partial charge in [-0.2, -0.15) is 0 Å². The van der Waals surface area contributed by atoms with Crippen LogP contribution in [0.2, 0.25) is 0 Å². The summed E-state index contributed by atoms with van der Waals surface area (Å²) in [6.45, 7) is 1.54. The van der Waals surface area contributed by atoms with Gasteiger partial charge in [0.25, 0.3) is 5.69 Å². The normalized spacial score (nSPS) is 11.5. The maximum Gasteiger partial charge on any atom is 0.269 e. The highest BCUT2D eigenvalue weighted by atomic mass is 32.2. The van der Waals surface area contributed by atoms with Crippen molar-refractivity contribution in [2.24, 2.45) is 5.73 Å². The molecule has 0 bridgehead atoms. The fourth-order valence-corrected chi connectivity index (χ4v) is 2.59. The maximum absolute atomic E-state index is 12.0. The summed E-state index contributed by atoms with van der Waals surface area (Å²) >= 11 is 0. The SMILES string of the molecule is NCCOCCOCCS(=O)(=O)c1ccc([N+](=O)[O-])cc1. The Labute approximate surface area is 122 Å². The number of ether oxygens (including phenoxy) is 2. The molecule has 0 aliphatic heterocycles. The lowest BCUT2D eigenvalue weighted by molar-refractivity contribution is -0.384. The number of nitrogens with two attached hydrogens (primary N) is 1. The van der Waals surface area contributed by atoms with Crippen LogP contribution in [0.5, 0.6) is 0 Å². The molecule has 0 fully saturated rings. The van der Waals surface area contributed by atoms with E-state index in [1.165, 1.54) is 12.1 Å². The summed E-state index contributed by atoms with van der Waals surface area (Å²) in [5, 5.41) is 10.5. The topological polar surface area (TPSA) is 122 Å². The molecule has 1 aromatic carbocycles. The van der Waals surface area contributed by atoms with Crippen LogP contribution in [-0.4, -0.2) is 52.1 Å². The summed E-state index contributed by atoms with van der Waals surface area (Å²) in [6.07, 6.45) is 0. The van der Waals surface area contributed by atoms with Gasteiger partial charge >= 0.3 is 0 Å². The second kappa shape index (κ2) is 8.67. The molecule has 118 valence electrons. The first-order valence-electron chi connectivity index (χ1n) is 6.30. The van der Waals surface area contributed by atoms with Crippen LogP contribution in [0.4, 0.5) is 5.69 Å². The van der Waals surface area contributed by atoms with Gasteiger partial charge in [-0.1, -0.05) is 0 Å². The number of rotatable bonds is 10. The molecule has 8 nitrogen and oxygen atoms in total. The molecule has 21 heavy (non-hydrogen) atoms. The molecule has 0 aliphatic carbocycles. The third kappa shape index (κ3) is 6.17. The maximum atomic E-state index is 12.0. The molecule has 1 aromatic rings. The molecular formula is C12H18N2O6S. The van der Waals surface area contributed by atoms with Gasteiger partial charge in [-0.15, -0.1) is 0 Å². The van der Waals surface area contributed by atoms with Gasteiger partial charge in [0, 0.05) is 18.7 Å². The van der Waals surface area contributed by atoms with E-state index in [0.717, 1.165) is 12.1 Å². The van der Waals surface area contributed by atoms with E-state index in [0.29, 0.717) is 19.8 Å². The average molecular weight is 318 g/mol. The van der Waals surface area contributed by atoms with Crippen molar-refractivity contribution in [2.45, 2.75) is 4.90 Å². The lowest BCUT2D eigenvalue weighted by Crippen LogP contribution is -2.16. The van der Waals surface area contributed by atoms with Crippen LogP contribution in [0.1, 0.15) is 0 Å². The van der Waals surface area contributed by atoms with Gasteiger partial charge in [-0.05, 0) is 12.1 Å². The smallest absolute Gasteiger partial charge is 0.269 e. The molecule has 9 heteroatoms.